The van der Waals surface area contributed by atoms with E-state index in [0.717, 1.165) is 20.1 Å². The first-order chi connectivity index (χ1) is 12.5. The maximum absolute atomic E-state index is 9.90. The van der Waals surface area contributed by atoms with Gasteiger partial charge in [-0.15, -0.1) is 0 Å². The van der Waals surface area contributed by atoms with Crippen molar-refractivity contribution in [1.82, 2.24) is 0 Å². The van der Waals surface area contributed by atoms with E-state index in [9.17, 15) is 15.8 Å². The number of nitrogens with two attached hydrogens (primary N) is 1. The Labute approximate surface area is 168 Å². The molecule has 26 heavy (non-hydrogen) atoms. The molecule has 2 aromatic rings. The molecule has 0 saturated carbocycles. The number of rotatable bonds is 2. The zero-order valence-electron chi connectivity index (χ0n) is 13.4. The van der Waals surface area contributed by atoms with Crippen LogP contribution in [0, 0.1) is 39.4 Å². The number of benzene rings is 2. The Balaban J connectivity index is 2.34. The van der Waals surface area contributed by atoms with E-state index in [2.05, 4.69) is 50.1 Å². The maximum atomic E-state index is 9.90. The molecule has 2 N–H and O–H groups in total. The van der Waals surface area contributed by atoms with Gasteiger partial charge in [0.1, 0.15) is 0 Å². The normalized spacial score (nSPS) is 20.9. The van der Waals surface area contributed by atoms with E-state index in [0.29, 0.717) is 0 Å². The van der Waals surface area contributed by atoms with Gasteiger partial charge in [0.2, 0.25) is 0 Å². The molecule has 0 heterocycles. The number of hydrogen-bond donors (Lipinski definition) is 1. The average molecular weight is 468 g/mol. The molecule has 3 rings (SSSR count). The lowest BCUT2D eigenvalue weighted by molar-refractivity contribution is 0.475. The summed E-state index contributed by atoms with van der Waals surface area (Å²) in [4.78, 5) is 0. The quantitative estimate of drug-likeness (QED) is 0.681. The Kier molecular flexibility index (Phi) is 4.88. The molecule has 0 bridgehead atoms. The summed E-state index contributed by atoms with van der Waals surface area (Å²) >= 11 is 6.89. The van der Waals surface area contributed by atoms with Crippen LogP contribution >= 0.6 is 31.9 Å². The van der Waals surface area contributed by atoms with Crippen molar-refractivity contribution in [2.45, 2.75) is 11.8 Å². The molecule has 4 nitrogen and oxygen atoms in total. The average Bonchev–Trinajstić information content (AvgIpc) is 2.90. The van der Waals surface area contributed by atoms with E-state index in [1.54, 1.807) is 0 Å². The highest BCUT2D eigenvalue weighted by molar-refractivity contribution is 9.10. The summed E-state index contributed by atoms with van der Waals surface area (Å²) in [5.41, 5.74) is 6.54. The van der Waals surface area contributed by atoms with Crippen molar-refractivity contribution in [1.29, 1.82) is 15.8 Å². The summed E-state index contributed by atoms with van der Waals surface area (Å²) in [6.45, 7) is 0. The fraction of sp³-hybridized carbons (Fsp3) is 0.150. The molecule has 0 aromatic heterocycles. The molecule has 126 valence electrons. The van der Waals surface area contributed by atoms with Gasteiger partial charge < -0.3 is 5.73 Å². The minimum absolute atomic E-state index is 0.0416. The minimum Gasteiger partial charge on any atom is -0.399 e. The van der Waals surface area contributed by atoms with Crippen LogP contribution in [0.5, 0.6) is 0 Å². The predicted molar refractivity (Wildman–Crippen MR) is 104 cm³/mol. The van der Waals surface area contributed by atoms with Crippen LogP contribution in [0.15, 0.2) is 68.7 Å². The second-order valence-electron chi connectivity index (χ2n) is 6.04. The van der Waals surface area contributed by atoms with Crippen LogP contribution in [-0.4, -0.2) is 0 Å². The first-order valence-electron chi connectivity index (χ1n) is 7.72. The molecule has 6 heteroatoms. The molecule has 0 unspecified atom stereocenters. The summed E-state index contributed by atoms with van der Waals surface area (Å²) in [6, 6.07) is 21.3. The van der Waals surface area contributed by atoms with E-state index in [1.165, 1.54) is 0 Å². The molecule has 0 aliphatic heterocycles. The van der Waals surface area contributed by atoms with E-state index >= 15 is 0 Å². The largest absolute Gasteiger partial charge is 0.399 e. The molecule has 1 aliphatic carbocycles. The van der Waals surface area contributed by atoms with Crippen molar-refractivity contribution in [3.8, 4) is 18.2 Å². The van der Waals surface area contributed by atoms with Crippen LogP contribution in [0.2, 0.25) is 0 Å². The van der Waals surface area contributed by atoms with Gasteiger partial charge in [0.25, 0.3) is 0 Å². The number of allylic oxidation sites excluding steroid dienone is 2. The fourth-order valence-electron chi connectivity index (χ4n) is 3.58. The van der Waals surface area contributed by atoms with Crippen LogP contribution in [-0.2, 0) is 0 Å². The highest BCUT2D eigenvalue weighted by Crippen LogP contribution is 2.58. The smallest absolute Gasteiger partial charge is 0.191 e. The number of hydrogen-bond acceptors (Lipinski definition) is 4. The van der Waals surface area contributed by atoms with E-state index in [-0.39, 0.29) is 11.3 Å². The Morgan fingerprint density at radius 3 is 1.92 bits per heavy atom. The van der Waals surface area contributed by atoms with Crippen molar-refractivity contribution < 1.29 is 0 Å². The molecule has 0 radical (unpaired) electrons. The minimum atomic E-state index is -1.60. The SMILES string of the molecule is N#CC1=C(N)C(C#N)(C#N)[C@H](c2cccc(Br)c2)[C@@H]1c1cccc(Br)c1. The molecular weight excluding hydrogens is 456 g/mol. The molecule has 1 aliphatic rings. The van der Waals surface area contributed by atoms with Crippen LogP contribution in [0.25, 0.3) is 0 Å². The zero-order valence-corrected chi connectivity index (χ0v) is 16.6. The van der Waals surface area contributed by atoms with Gasteiger partial charge in [-0.05, 0) is 35.4 Å². The van der Waals surface area contributed by atoms with Crippen molar-refractivity contribution >= 4 is 31.9 Å². The topological polar surface area (TPSA) is 97.4 Å². The van der Waals surface area contributed by atoms with Crippen molar-refractivity contribution in [3.05, 3.63) is 79.9 Å². The highest BCUT2D eigenvalue weighted by atomic mass is 79.9. The lowest BCUT2D eigenvalue weighted by Crippen LogP contribution is -2.29. The molecule has 0 amide bonds. The third-order valence-corrected chi connectivity index (χ3v) is 5.70. The second kappa shape index (κ2) is 6.96. The zero-order chi connectivity index (χ0) is 18.9. The van der Waals surface area contributed by atoms with Crippen LogP contribution < -0.4 is 5.73 Å². The summed E-state index contributed by atoms with van der Waals surface area (Å²) in [5.74, 6) is -1.06. The van der Waals surface area contributed by atoms with Gasteiger partial charge in [0.05, 0.1) is 29.5 Å². The highest BCUT2D eigenvalue weighted by Gasteiger charge is 2.56. The summed E-state index contributed by atoms with van der Waals surface area (Å²) < 4.78 is 1.68. The van der Waals surface area contributed by atoms with Crippen LogP contribution in [0.4, 0.5) is 0 Å². The fourth-order valence-corrected chi connectivity index (χ4v) is 4.41. The molecule has 0 saturated heterocycles. The number of nitriles is 3. The third kappa shape index (κ3) is 2.71. The van der Waals surface area contributed by atoms with Crippen LogP contribution in [0.3, 0.4) is 0 Å². The van der Waals surface area contributed by atoms with Gasteiger partial charge in [-0.1, -0.05) is 56.1 Å². The van der Waals surface area contributed by atoms with Gasteiger partial charge in [0.15, 0.2) is 5.41 Å². The van der Waals surface area contributed by atoms with Gasteiger partial charge in [-0.2, -0.15) is 15.8 Å². The van der Waals surface area contributed by atoms with Crippen molar-refractivity contribution in [2.24, 2.45) is 11.1 Å². The van der Waals surface area contributed by atoms with Crippen LogP contribution in [0.1, 0.15) is 23.0 Å². The Morgan fingerprint density at radius 1 is 0.885 bits per heavy atom. The summed E-state index contributed by atoms with van der Waals surface area (Å²) in [6.07, 6.45) is 0. The first kappa shape index (κ1) is 18.2. The Bertz CT molecular complexity index is 1020. The lowest BCUT2D eigenvalue weighted by atomic mass is 9.70. The van der Waals surface area contributed by atoms with E-state index in [1.807, 2.05) is 48.5 Å². The maximum Gasteiger partial charge on any atom is 0.191 e. The van der Waals surface area contributed by atoms with Gasteiger partial charge >= 0.3 is 0 Å². The molecule has 0 spiro atoms. The van der Waals surface area contributed by atoms with Crippen molar-refractivity contribution in [3.63, 3.8) is 0 Å². The molecule has 2 atom stereocenters. The monoisotopic (exact) mass is 466 g/mol. The van der Waals surface area contributed by atoms with Crippen molar-refractivity contribution in [2.75, 3.05) is 0 Å². The molecule has 2 aromatic carbocycles. The number of nitrogens with zero attached hydrogens (tertiary/aromatic N) is 3. The van der Waals surface area contributed by atoms with Gasteiger partial charge in [0, 0.05) is 20.8 Å². The van der Waals surface area contributed by atoms with Gasteiger partial charge in [-0.3, -0.25) is 0 Å². The van der Waals surface area contributed by atoms with Gasteiger partial charge in [-0.25, -0.2) is 0 Å². The first-order valence-corrected chi connectivity index (χ1v) is 9.30. The third-order valence-electron chi connectivity index (χ3n) is 4.71. The van der Waals surface area contributed by atoms with E-state index < -0.39 is 17.3 Å². The standard InChI is InChI=1S/C20H12Br2N4/c21-14-5-1-3-12(7-14)17-16(9-23)19(26)20(10-24,11-25)18(17)13-4-2-6-15(22)8-13/h1-8,17-18H,26H2/t17-,18-/m1/s1. The van der Waals surface area contributed by atoms with E-state index in [4.69, 9.17) is 5.73 Å². The summed E-state index contributed by atoms with van der Waals surface area (Å²) in [5, 5.41) is 29.6. The Morgan fingerprint density at radius 2 is 1.42 bits per heavy atom. The summed E-state index contributed by atoms with van der Waals surface area (Å²) in [7, 11) is 0. The molecular formula is C20H12Br2N4. The second-order valence-corrected chi connectivity index (χ2v) is 7.87. The molecule has 0 fully saturated rings. The Hall–Kier alpha value is -2.59. The number of halogens is 2. The predicted octanol–water partition coefficient (Wildman–Crippen LogP) is 4.86. The lowest BCUT2D eigenvalue weighted by Gasteiger charge is -2.28.